The Morgan fingerprint density at radius 2 is 1.83 bits per heavy atom. The van der Waals surface area contributed by atoms with Gasteiger partial charge >= 0.3 is 0 Å². The molecule has 3 rings (SSSR count). The molecule has 3 N–H and O–H groups in total. The second-order valence-electron chi connectivity index (χ2n) is 5.18. The van der Waals surface area contributed by atoms with E-state index in [0.29, 0.717) is 29.2 Å². The first-order valence-electron chi connectivity index (χ1n) is 7.15. The van der Waals surface area contributed by atoms with Gasteiger partial charge in [-0.05, 0) is 17.7 Å². The molecule has 1 aliphatic rings. The third-order valence-electron chi connectivity index (χ3n) is 3.87. The molecule has 6 nitrogen and oxygen atoms in total. The van der Waals surface area contributed by atoms with Crippen molar-refractivity contribution in [2.75, 3.05) is 14.2 Å². The predicted molar refractivity (Wildman–Crippen MR) is 86.4 cm³/mol. The van der Waals surface area contributed by atoms with Gasteiger partial charge in [0.1, 0.15) is 29.1 Å². The van der Waals surface area contributed by atoms with Crippen LogP contribution in [0.15, 0.2) is 41.5 Å². The summed E-state index contributed by atoms with van der Waals surface area (Å²) in [6.45, 7) is 0. The molecule has 6 heteroatoms. The smallest absolute Gasteiger partial charge is 0.136 e. The predicted octanol–water partition coefficient (Wildman–Crippen LogP) is 2.60. The number of hydrogen-bond donors (Lipinski definition) is 2. The van der Waals surface area contributed by atoms with E-state index in [1.54, 1.807) is 13.2 Å². The van der Waals surface area contributed by atoms with Crippen molar-refractivity contribution in [2.24, 2.45) is 10.9 Å². The molecular formula is C17H18N2O4. The normalized spacial score (nSPS) is 18.2. The molecule has 0 aliphatic carbocycles. The minimum Gasteiger partial charge on any atom is -0.507 e. The van der Waals surface area contributed by atoms with Crippen molar-refractivity contribution in [3.63, 3.8) is 0 Å². The number of phenols is 1. The lowest BCUT2D eigenvalue weighted by atomic mass is 9.94. The van der Waals surface area contributed by atoms with Gasteiger partial charge in [0.2, 0.25) is 0 Å². The van der Waals surface area contributed by atoms with Crippen molar-refractivity contribution in [2.45, 2.75) is 12.5 Å². The number of methoxy groups -OCH3 is 2. The molecule has 0 saturated carbocycles. The summed E-state index contributed by atoms with van der Waals surface area (Å²) < 4.78 is 16.4. The highest BCUT2D eigenvalue weighted by atomic mass is 16.5. The maximum Gasteiger partial charge on any atom is 0.136 e. The fraction of sp³-hybridized carbons (Fsp3) is 0.235. The van der Waals surface area contributed by atoms with E-state index in [1.165, 1.54) is 13.2 Å². The van der Waals surface area contributed by atoms with Crippen LogP contribution in [0.5, 0.6) is 23.0 Å². The quantitative estimate of drug-likeness (QED) is 0.672. The van der Waals surface area contributed by atoms with Crippen LogP contribution < -0.4 is 20.1 Å². The molecule has 2 aromatic rings. The lowest BCUT2D eigenvalue weighted by Gasteiger charge is -2.28. The molecule has 1 heterocycles. The molecule has 1 aliphatic heterocycles. The Morgan fingerprint density at radius 3 is 2.43 bits per heavy atom. The molecule has 2 aromatic carbocycles. The molecule has 23 heavy (non-hydrogen) atoms. The number of ether oxygens (including phenoxy) is 3. The Morgan fingerprint density at radius 1 is 1.13 bits per heavy atom. The first-order chi connectivity index (χ1) is 11.2. The van der Waals surface area contributed by atoms with Crippen molar-refractivity contribution in [1.82, 2.24) is 0 Å². The van der Waals surface area contributed by atoms with Crippen LogP contribution in [0.2, 0.25) is 0 Å². The molecule has 0 saturated heterocycles. The van der Waals surface area contributed by atoms with E-state index in [9.17, 15) is 5.11 Å². The van der Waals surface area contributed by atoms with Crippen LogP contribution in [-0.4, -0.2) is 25.0 Å². The van der Waals surface area contributed by atoms with Gasteiger partial charge in [0.25, 0.3) is 0 Å². The first-order valence-corrected chi connectivity index (χ1v) is 7.15. The standard InChI is InChI=1S/C17H18N2O4/c1-21-11-5-3-10(4-6-11)15-9-13(19-18)17-14(20)7-12(22-2)8-16(17)23-15/h3-8,15,20H,9,18H2,1-2H3/b19-13+/t15-/m0/s1. The van der Waals surface area contributed by atoms with E-state index >= 15 is 0 Å². The summed E-state index contributed by atoms with van der Waals surface area (Å²) in [6, 6.07) is 10.8. The van der Waals surface area contributed by atoms with Gasteiger partial charge in [-0.25, -0.2) is 0 Å². The number of rotatable bonds is 3. The molecule has 0 radical (unpaired) electrons. The van der Waals surface area contributed by atoms with Gasteiger partial charge in [0.15, 0.2) is 0 Å². The van der Waals surface area contributed by atoms with Gasteiger partial charge < -0.3 is 25.2 Å². The molecule has 0 aromatic heterocycles. The lowest BCUT2D eigenvalue weighted by Crippen LogP contribution is -2.22. The fourth-order valence-electron chi connectivity index (χ4n) is 2.67. The van der Waals surface area contributed by atoms with Crippen LogP contribution in [0.25, 0.3) is 0 Å². The highest BCUT2D eigenvalue weighted by Crippen LogP contribution is 2.42. The largest absolute Gasteiger partial charge is 0.507 e. The van der Waals surface area contributed by atoms with Crippen molar-refractivity contribution in [1.29, 1.82) is 0 Å². The highest BCUT2D eigenvalue weighted by Gasteiger charge is 2.29. The van der Waals surface area contributed by atoms with Gasteiger partial charge in [-0.1, -0.05) is 12.1 Å². The van der Waals surface area contributed by atoms with Crippen LogP contribution in [0.1, 0.15) is 23.7 Å². The lowest BCUT2D eigenvalue weighted by molar-refractivity contribution is 0.204. The zero-order chi connectivity index (χ0) is 16.4. The number of aromatic hydroxyl groups is 1. The van der Waals surface area contributed by atoms with Gasteiger partial charge in [0.05, 0.1) is 25.5 Å². The van der Waals surface area contributed by atoms with Gasteiger partial charge in [-0.2, -0.15) is 5.10 Å². The summed E-state index contributed by atoms with van der Waals surface area (Å²) in [5.74, 6) is 7.33. The first kappa shape index (κ1) is 15.0. The maximum atomic E-state index is 10.2. The maximum absolute atomic E-state index is 10.2. The van der Waals surface area contributed by atoms with E-state index in [1.807, 2.05) is 24.3 Å². The number of nitrogens with zero attached hydrogens (tertiary/aromatic N) is 1. The van der Waals surface area contributed by atoms with Gasteiger partial charge in [0, 0.05) is 18.6 Å². The fourth-order valence-corrected chi connectivity index (χ4v) is 2.67. The van der Waals surface area contributed by atoms with Crippen LogP contribution in [-0.2, 0) is 0 Å². The number of phenolic OH excluding ortho intramolecular Hbond substituents is 1. The van der Waals surface area contributed by atoms with E-state index in [-0.39, 0.29) is 11.9 Å². The van der Waals surface area contributed by atoms with Crippen molar-refractivity contribution in [3.05, 3.63) is 47.5 Å². The minimum atomic E-state index is -0.248. The minimum absolute atomic E-state index is 0.0386. The molecule has 1 atom stereocenters. The van der Waals surface area contributed by atoms with Crippen molar-refractivity contribution < 1.29 is 19.3 Å². The van der Waals surface area contributed by atoms with Gasteiger partial charge in [-0.3, -0.25) is 0 Å². The molecule has 0 bridgehead atoms. The van der Waals surface area contributed by atoms with Crippen LogP contribution >= 0.6 is 0 Å². The van der Waals surface area contributed by atoms with Crippen LogP contribution in [0, 0.1) is 0 Å². The topological polar surface area (TPSA) is 86.3 Å². The molecule has 0 unspecified atom stereocenters. The molecule has 120 valence electrons. The zero-order valence-corrected chi connectivity index (χ0v) is 12.9. The summed E-state index contributed by atoms with van der Waals surface area (Å²) in [5.41, 5.74) is 2.07. The monoisotopic (exact) mass is 314 g/mol. The molecule has 0 fully saturated rings. The average Bonchev–Trinajstić information content (AvgIpc) is 2.60. The number of benzene rings is 2. The van der Waals surface area contributed by atoms with E-state index in [0.717, 1.165) is 11.3 Å². The Hall–Kier alpha value is -2.89. The second kappa shape index (κ2) is 6.08. The van der Waals surface area contributed by atoms with Crippen LogP contribution in [0.3, 0.4) is 0 Å². The summed E-state index contributed by atoms with van der Waals surface area (Å²) in [7, 11) is 3.15. The summed E-state index contributed by atoms with van der Waals surface area (Å²) in [4.78, 5) is 0. The van der Waals surface area contributed by atoms with E-state index < -0.39 is 0 Å². The second-order valence-corrected chi connectivity index (χ2v) is 5.18. The van der Waals surface area contributed by atoms with E-state index in [2.05, 4.69) is 5.10 Å². The number of fused-ring (bicyclic) bond motifs is 1. The van der Waals surface area contributed by atoms with Crippen LogP contribution in [0.4, 0.5) is 0 Å². The molecular weight excluding hydrogens is 296 g/mol. The average molecular weight is 314 g/mol. The van der Waals surface area contributed by atoms with Crippen molar-refractivity contribution >= 4 is 5.71 Å². The highest BCUT2D eigenvalue weighted by molar-refractivity contribution is 6.06. The Kier molecular flexibility index (Phi) is 3.97. The Bertz CT molecular complexity index is 741. The van der Waals surface area contributed by atoms with Crippen molar-refractivity contribution in [3.8, 4) is 23.0 Å². The molecule has 0 spiro atoms. The van der Waals surface area contributed by atoms with Gasteiger partial charge in [-0.15, -0.1) is 0 Å². The number of nitrogens with two attached hydrogens (primary N) is 1. The Labute approximate surface area is 134 Å². The number of hydrazone groups is 1. The molecule has 0 amide bonds. The SMILES string of the molecule is COc1ccc([C@@H]2C/C(=N\N)c3c(O)cc(OC)cc3O2)cc1. The Balaban J connectivity index is 2.00. The third-order valence-corrected chi connectivity index (χ3v) is 3.87. The van der Waals surface area contributed by atoms with E-state index in [4.69, 9.17) is 20.1 Å². The summed E-state index contributed by atoms with van der Waals surface area (Å²) >= 11 is 0. The third kappa shape index (κ3) is 2.75. The number of hydrogen-bond acceptors (Lipinski definition) is 6. The summed E-state index contributed by atoms with van der Waals surface area (Å²) in [6.07, 6.45) is 0.220. The summed E-state index contributed by atoms with van der Waals surface area (Å²) in [5, 5.41) is 14.0. The zero-order valence-electron chi connectivity index (χ0n) is 12.9.